The molecule has 0 unspecified atom stereocenters. The van der Waals surface area contributed by atoms with Crippen LogP contribution in [0.5, 0.6) is 0 Å². The zero-order chi connectivity index (χ0) is 6.85. The number of hydrogen-bond acceptors (Lipinski definition) is 1. The maximum absolute atomic E-state index is 10.6. The van der Waals surface area contributed by atoms with Crippen LogP contribution in [0.25, 0.3) is 0 Å². The summed E-state index contributed by atoms with van der Waals surface area (Å²) in [4.78, 5) is 13.3. The molecule has 1 heterocycles. The number of carbonyl (C=O) groups excluding carboxylic acids is 1. The molecule has 0 aromatic carbocycles. The molecule has 0 fully saturated rings. The Labute approximate surface area is 57.8 Å². The molecule has 0 bridgehead atoms. The van der Waals surface area contributed by atoms with Crippen LogP contribution in [0, 0.1) is 0 Å². The molecule has 0 amide bonds. The second-order valence-corrected chi connectivity index (χ2v) is 2.22. The Morgan fingerprint density at radius 2 is 2.44 bits per heavy atom. The van der Waals surface area contributed by atoms with E-state index in [1.807, 2.05) is 0 Å². The highest BCUT2D eigenvalue weighted by atomic mass is 35.5. The monoisotopic (exact) mass is 143 g/mol. The van der Waals surface area contributed by atoms with Crippen LogP contribution in [0.1, 0.15) is 17.4 Å². The number of carbonyl (C=O) groups is 1. The van der Waals surface area contributed by atoms with Crippen LogP contribution in [0.15, 0.2) is 12.3 Å². The summed E-state index contributed by atoms with van der Waals surface area (Å²) in [6.07, 6.45) is 1.58. The second-order valence-electron chi connectivity index (χ2n) is 1.79. The molecule has 0 aliphatic carbocycles. The van der Waals surface area contributed by atoms with E-state index in [2.05, 4.69) is 4.98 Å². The van der Waals surface area contributed by atoms with Gasteiger partial charge in [0, 0.05) is 13.1 Å². The van der Waals surface area contributed by atoms with E-state index < -0.39 is 0 Å². The van der Waals surface area contributed by atoms with E-state index in [0.717, 1.165) is 0 Å². The lowest BCUT2D eigenvalue weighted by Crippen LogP contribution is -1.89. The van der Waals surface area contributed by atoms with Gasteiger partial charge < -0.3 is 4.98 Å². The standard InChI is InChI=1S/C6H6ClNO/c1-4(9)6-2-5(7)3-8-6/h2-3,8H,1H3. The third kappa shape index (κ3) is 1.33. The third-order valence-electron chi connectivity index (χ3n) is 1.03. The highest BCUT2D eigenvalue weighted by Gasteiger charge is 1.99. The summed E-state index contributed by atoms with van der Waals surface area (Å²) in [5.41, 5.74) is 0.556. The van der Waals surface area contributed by atoms with Gasteiger partial charge in [-0.05, 0) is 6.07 Å². The Hall–Kier alpha value is -0.760. The molecule has 0 radical (unpaired) electrons. The minimum atomic E-state index is 0.00176. The molecule has 48 valence electrons. The number of halogens is 1. The van der Waals surface area contributed by atoms with E-state index in [1.54, 1.807) is 12.3 Å². The van der Waals surface area contributed by atoms with Gasteiger partial charge in [-0.25, -0.2) is 0 Å². The quantitative estimate of drug-likeness (QED) is 0.599. The van der Waals surface area contributed by atoms with E-state index in [9.17, 15) is 4.79 Å². The highest BCUT2D eigenvalue weighted by Crippen LogP contribution is 2.08. The van der Waals surface area contributed by atoms with Crippen LogP contribution in [-0.4, -0.2) is 10.8 Å². The molecule has 0 aliphatic heterocycles. The number of Topliss-reactive ketones (excluding diaryl/α,β-unsaturated/α-hetero) is 1. The number of ketones is 1. The summed E-state index contributed by atoms with van der Waals surface area (Å²) >= 11 is 5.52. The Kier molecular flexibility index (Phi) is 1.58. The predicted molar refractivity (Wildman–Crippen MR) is 35.8 cm³/mol. The van der Waals surface area contributed by atoms with Crippen LogP contribution in [0.3, 0.4) is 0 Å². The van der Waals surface area contributed by atoms with Crippen LogP contribution < -0.4 is 0 Å². The number of H-pyrrole nitrogens is 1. The van der Waals surface area contributed by atoms with Gasteiger partial charge in [-0.15, -0.1) is 0 Å². The van der Waals surface area contributed by atoms with Crippen molar-refractivity contribution in [1.82, 2.24) is 4.98 Å². The summed E-state index contributed by atoms with van der Waals surface area (Å²) < 4.78 is 0. The van der Waals surface area contributed by atoms with Gasteiger partial charge in [-0.3, -0.25) is 4.79 Å². The first kappa shape index (κ1) is 6.36. The Morgan fingerprint density at radius 3 is 2.67 bits per heavy atom. The molecule has 3 heteroatoms. The smallest absolute Gasteiger partial charge is 0.175 e. The van der Waals surface area contributed by atoms with Gasteiger partial charge in [0.15, 0.2) is 5.78 Å². The molecule has 0 saturated heterocycles. The summed E-state index contributed by atoms with van der Waals surface area (Å²) in [6, 6.07) is 1.60. The summed E-state index contributed by atoms with van der Waals surface area (Å²) in [5, 5.41) is 0.570. The highest BCUT2D eigenvalue weighted by molar-refractivity contribution is 6.30. The van der Waals surface area contributed by atoms with Gasteiger partial charge in [0.2, 0.25) is 0 Å². The van der Waals surface area contributed by atoms with Gasteiger partial charge in [-0.2, -0.15) is 0 Å². The molecule has 0 saturated carbocycles. The van der Waals surface area contributed by atoms with Crippen molar-refractivity contribution in [2.45, 2.75) is 6.92 Å². The van der Waals surface area contributed by atoms with Gasteiger partial charge in [0.1, 0.15) is 0 Å². The van der Waals surface area contributed by atoms with Crippen molar-refractivity contribution in [2.24, 2.45) is 0 Å². The first-order valence-electron chi connectivity index (χ1n) is 2.55. The zero-order valence-electron chi connectivity index (χ0n) is 4.94. The molecule has 9 heavy (non-hydrogen) atoms. The minimum absolute atomic E-state index is 0.00176. The Bertz CT molecular complexity index is 229. The van der Waals surface area contributed by atoms with E-state index in [4.69, 9.17) is 11.6 Å². The third-order valence-corrected chi connectivity index (χ3v) is 1.25. The molecular weight excluding hydrogens is 138 g/mol. The fourth-order valence-electron chi connectivity index (χ4n) is 0.571. The minimum Gasteiger partial charge on any atom is -0.357 e. The first-order chi connectivity index (χ1) is 4.20. The zero-order valence-corrected chi connectivity index (χ0v) is 5.70. The van der Waals surface area contributed by atoms with E-state index in [0.29, 0.717) is 10.7 Å². The first-order valence-corrected chi connectivity index (χ1v) is 2.93. The normalized spacial score (nSPS) is 9.56. The maximum atomic E-state index is 10.6. The van der Waals surface area contributed by atoms with Crippen molar-refractivity contribution >= 4 is 17.4 Å². The molecule has 0 atom stereocenters. The molecule has 2 nitrogen and oxygen atoms in total. The fraction of sp³-hybridized carbons (Fsp3) is 0.167. The maximum Gasteiger partial charge on any atom is 0.175 e. The van der Waals surface area contributed by atoms with Crippen molar-refractivity contribution < 1.29 is 4.79 Å². The fourth-order valence-corrected chi connectivity index (χ4v) is 0.735. The molecule has 0 aliphatic rings. The topological polar surface area (TPSA) is 32.9 Å². The van der Waals surface area contributed by atoms with Crippen molar-refractivity contribution in [3.8, 4) is 0 Å². The molecule has 0 spiro atoms. The summed E-state index contributed by atoms with van der Waals surface area (Å²) in [5.74, 6) is 0.00176. The van der Waals surface area contributed by atoms with Crippen molar-refractivity contribution in [3.05, 3.63) is 23.0 Å². The Morgan fingerprint density at radius 1 is 1.78 bits per heavy atom. The largest absolute Gasteiger partial charge is 0.357 e. The van der Waals surface area contributed by atoms with Gasteiger partial charge >= 0.3 is 0 Å². The van der Waals surface area contributed by atoms with E-state index >= 15 is 0 Å². The lowest BCUT2D eigenvalue weighted by molar-refractivity contribution is 0.101. The van der Waals surface area contributed by atoms with E-state index in [-0.39, 0.29) is 5.78 Å². The molecule has 1 N–H and O–H groups in total. The summed E-state index contributed by atoms with van der Waals surface area (Å²) in [7, 11) is 0. The van der Waals surface area contributed by atoms with Crippen LogP contribution in [-0.2, 0) is 0 Å². The Balaban J connectivity index is 2.98. The van der Waals surface area contributed by atoms with Crippen molar-refractivity contribution in [2.75, 3.05) is 0 Å². The number of hydrogen-bond donors (Lipinski definition) is 1. The number of aromatic nitrogens is 1. The van der Waals surface area contributed by atoms with Crippen LogP contribution >= 0.6 is 11.6 Å². The lowest BCUT2D eigenvalue weighted by Gasteiger charge is -1.82. The average molecular weight is 144 g/mol. The van der Waals surface area contributed by atoms with Gasteiger partial charge in [0.05, 0.1) is 10.7 Å². The molecular formula is C6H6ClNO. The molecule has 1 rings (SSSR count). The van der Waals surface area contributed by atoms with Gasteiger partial charge in [-0.1, -0.05) is 11.6 Å². The molecule has 1 aromatic heterocycles. The van der Waals surface area contributed by atoms with E-state index in [1.165, 1.54) is 6.92 Å². The average Bonchev–Trinajstić information content (AvgIpc) is 2.14. The number of aromatic amines is 1. The predicted octanol–water partition coefficient (Wildman–Crippen LogP) is 1.87. The van der Waals surface area contributed by atoms with Crippen LogP contribution in [0.4, 0.5) is 0 Å². The van der Waals surface area contributed by atoms with Crippen molar-refractivity contribution in [1.29, 1.82) is 0 Å². The molecule has 1 aromatic rings. The second kappa shape index (κ2) is 2.23. The number of rotatable bonds is 1. The van der Waals surface area contributed by atoms with Crippen LogP contribution in [0.2, 0.25) is 5.02 Å². The lowest BCUT2D eigenvalue weighted by atomic mass is 10.3. The van der Waals surface area contributed by atoms with Gasteiger partial charge in [0.25, 0.3) is 0 Å². The van der Waals surface area contributed by atoms with Crippen molar-refractivity contribution in [3.63, 3.8) is 0 Å². The SMILES string of the molecule is CC(=O)c1cc(Cl)c[nH]1. The number of nitrogens with one attached hydrogen (secondary N) is 1. The summed E-state index contributed by atoms with van der Waals surface area (Å²) in [6.45, 7) is 1.49.